The van der Waals surface area contributed by atoms with Crippen LogP contribution in [-0.4, -0.2) is 17.0 Å². The van der Waals surface area contributed by atoms with E-state index < -0.39 is 10.8 Å². The summed E-state index contributed by atoms with van der Waals surface area (Å²) in [5.41, 5.74) is 3.84. The van der Waals surface area contributed by atoms with E-state index in [1.807, 2.05) is 6.07 Å². The number of nitriles is 1. The van der Waals surface area contributed by atoms with Gasteiger partial charge in [0.2, 0.25) is 0 Å². The third-order valence-corrected chi connectivity index (χ3v) is 3.62. The lowest BCUT2D eigenvalue weighted by Crippen LogP contribution is -2.17. The Bertz CT molecular complexity index is 1040. The molecule has 0 saturated heterocycles. The summed E-state index contributed by atoms with van der Waals surface area (Å²) < 4.78 is 5.61. The van der Waals surface area contributed by atoms with E-state index in [1.165, 1.54) is 30.5 Å². The summed E-state index contributed by atoms with van der Waals surface area (Å²) in [6.07, 6.45) is 1.34. The molecule has 0 spiro atoms. The van der Waals surface area contributed by atoms with E-state index in [2.05, 4.69) is 10.5 Å². The predicted molar refractivity (Wildman–Crippen MR) is 97.0 cm³/mol. The summed E-state index contributed by atoms with van der Waals surface area (Å²) in [5.74, 6) is 0.529. The van der Waals surface area contributed by atoms with Crippen LogP contribution in [0.25, 0.3) is 11.3 Å². The first-order valence-corrected chi connectivity index (χ1v) is 7.75. The Kier molecular flexibility index (Phi) is 5.05. The first-order valence-electron chi connectivity index (χ1n) is 7.75. The number of amides is 1. The molecular formula is C19H12N4O4. The van der Waals surface area contributed by atoms with Gasteiger partial charge in [0, 0.05) is 23.3 Å². The first-order chi connectivity index (χ1) is 13.1. The second kappa shape index (κ2) is 7.76. The molecule has 0 bridgehead atoms. The van der Waals surface area contributed by atoms with Crippen molar-refractivity contribution in [2.45, 2.75) is 0 Å². The Morgan fingerprint density at radius 1 is 1.11 bits per heavy atom. The topological polar surface area (TPSA) is 122 Å². The molecule has 1 amide bonds. The molecule has 2 aromatic carbocycles. The molecule has 3 aromatic rings. The lowest BCUT2D eigenvalue weighted by atomic mass is 10.1. The van der Waals surface area contributed by atoms with Crippen molar-refractivity contribution in [3.05, 3.63) is 87.7 Å². The third-order valence-electron chi connectivity index (χ3n) is 3.62. The van der Waals surface area contributed by atoms with Crippen LogP contribution in [0.1, 0.15) is 21.7 Å². The number of hydrazone groups is 1. The van der Waals surface area contributed by atoms with E-state index in [0.29, 0.717) is 17.1 Å². The van der Waals surface area contributed by atoms with Gasteiger partial charge in [-0.1, -0.05) is 0 Å². The fourth-order valence-electron chi connectivity index (χ4n) is 2.24. The Morgan fingerprint density at radius 2 is 1.81 bits per heavy atom. The Morgan fingerprint density at radius 3 is 2.44 bits per heavy atom. The van der Waals surface area contributed by atoms with Crippen molar-refractivity contribution in [1.29, 1.82) is 5.26 Å². The highest BCUT2D eigenvalue weighted by molar-refractivity contribution is 5.94. The predicted octanol–water partition coefficient (Wildman–Crippen LogP) is 3.49. The standard InChI is InChI=1S/C19H12N4O4/c20-11-13-1-3-14(4-2-13)18-10-9-17(27-18)12-21-22-19(24)15-5-7-16(8-6-15)23(25)26/h1-10,12H,(H,22,24)/b21-12-. The molecule has 8 nitrogen and oxygen atoms in total. The van der Waals surface area contributed by atoms with Gasteiger partial charge < -0.3 is 4.42 Å². The SMILES string of the molecule is N#Cc1ccc(-c2ccc(/C=N\NC(=O)c3ccc([N+](=O)[O-])cc3)o2)cc1. The second-order valence-corrected chi connectivity index (χ2v) is 5.39. The number of carbonyl (C=O) groups excluding carboxylic acids is 1. The van der Waals surface area contributed by atoms with Crippen LogP contribution >= 0.6 is 0 Å². The molecule has 27 heavy (non-hydrogen) atoms. The van der Waals surface area contributed by atoms with Gasteiger partial charge in [-0.3, -0.25) is 14.9 Å². The molecule has 132 valence electrons. The van der Waals surface area contributed by atoms with Crippen LogP contribution < -0.4 is 5.43 Å². The highest BCUT2D eigenvalue weighted by Crippen LogP contribution is 2.21. The van der Waals surface area contributed by atoms with E-state index in [1.54, 1.807) is 36.4 Å². The number of furan rings is 1. The third kappa shape index (κ3) is 4.24. The average molecular weight is 360 g/mol. The number of non-ortho nitro benzene ring substituents is 1. The van der Waals surface area contributed by atoms with Crippen molar-refractivity contribution in [2.75, 3.05) is 0 Å². The van der Waals surface area contributed by atoms with Crippen molar-refractivity contribution in [2.24, 2.45) is 5.10 Å². The van der Waals surface area contributed by atoms with Gasteiger partial charge in [0.1, 0.15) is 11.5 Å². The summed E-state index contributed by atoms with van der Waals surface area (Å²) in [5, 5.41) is 23.2. The molecule has 0 saturated carbocycles. The molecule has 0 radical (unpaired) electrons. The number of benzene rings is 2. The van der Waals surface area contributed by atoms with Crippen molar-refractivity contribution in [3.8, 4) is 17.4 Å². The Labute approximate surface area is 153 Å². The van der Waals surface area contributed by atoms with E-state index in [-0.39, 0.29) is 11.3 Å². The van der Waals surface area contributed by atoms with Gasteiger partial charge in [0.25, 0.3) is 11.6 Å². The Hall–Kier alpha value is -4.25. The average Bonchev–Trinajstić information content (AvgIpc) is 3.17. The van der Waals surface area contributed by atoms with Crippen LogP contribution in [0.15, 0.2) is 70.2 Å². The van der Waals surface area contributed by atoms with Gasteiger partial charge in [-0.05, 0) is 48.5 Å². The van der Waals surface area contributed by atoms with Gasteiger partial charge in [-0.2, -0.15) is 10.4 Å². The largest absolute Gasteiger partial charge is 0.455 e. The van der Waals surface area contributed by atoms with Crippen molar-refractivity contribution in [1.82, 2.24) is 5.43 Å². The van der Waals surface area contributed by atoms with Crippen LogP contribution in [0.5, 0.6) is 0 Å². The first kappa shape index (κ1) is 17.6. The van der Waals surface area contributed by atoms with Crippen molar-refractivity contribution < 1.29 is 14.1 Å². The summed E-state index contributed by atoms with van der Waals surface area (Å²) >= 11 is 0. The maximum absolute atomic E-state index is 12.0. The van der Waals surface area contributed by atoms with Crippen LogP contribution in [0, 0.1) is 21.4 Å². The smallest absolute Gasteiger partial charge is 0.271 e. The summed E-state index contributed by atoms with van der Waals surface area (Å²) in [4.78, 5) is 22.0. The number of hydrogen-bond acceptors (Lipinski definition) is 6. The van der Waals surface area contributed by atoms with Crippen molar-refractivity contribution in [3.63, 3.8) is 0 Å². The summed E-state index contributed by atoms with van der Waals surface area (Å²) in [6.45, 7) is 0. The lowest BCUT2D eigenvalue weighted by Gasteiger charge is -1.99. The van der Waals surface area contributed by atoms with E-state index in [0.717, 1.165) is 5.56 Å². The number of rotatable bonds is 5. The van der Waals surface area contributed by atoms with Gasteiger partial charge in [0.05, 0.1) is 22.8 Å². The zero-order valence-electron chi connectivity index (χ0n) is 13.8. The van der Waals surface area contributed by atoms with Gasteiger partial charge in [-0.15, -0.1) is 0 Å². The van der Waals surface area contributed by atoms with Crippen LogP contribution in [0.3, 0.4) is 0 Å². The molecule has 1 aromatic heterocycles. The summed E-state index contributed by atoms with van der Waals surface area (Å²) in [7, 11) is 0. The molecule has 0 aliphatic carbocycles. The maximum Gasteiger partial charge on any atom is 0.271 e. The molecule has 0 fully saturated rings. The monoisotopic (exact) mass is 360 g/mol. The highest BCUT2D eigenvalue weighted by atomic mass is 16.6. The van der Waals surface area contributed by atoms with Gasteiger partial charge in [-0.25, -0.2) is 5.43 Å². The number of nitrogens with zero attached hydrogens (tertiary/aromatic N) is 3. The molecule has 0 aliphatic heterocycles. The van der Waals surface area contributed by atoms with Crippen LogP contribution in [0.2, 0.25) is 0 Å². The number of nitrogens with one attached hydrogen (secondary N) is 1. The molecule has 8 heteroatoms. The zero-order valence-corrected chi connectivity index (χ0v) is 13.8. The minimum Gasteiger partial charge on any atom is -0.455 e. The molecule has 1 N–H and O–H groups in total. The maximum atomic E-state index is 12.0. The minimum atomic E-state index is -0.539. The fourth-order valence-corrected chi connectivity index (χ4v) is 2.24. The second-order valence-electron chi connectivity index (χ2n) is 5.39. The number of hydrogen-bond donors (Lipinski definition) is 1. The molecule has 0 atom stereocenters. The lowest BCUT2D eigenvalue weighted by molar-refractivity contribution is -0.384. The molecule has 0 unspecified atom stereocenters. The van der Waals surface area contributed by atoms with E-state index >= 15 is 0 Å². The Balaban J connectivity index is 1.63. The van der Waals surface area contributed by atoms with E-state index in [9.17, 15) is 14.9 Å². The number of carbonyl (C=O) groups is 1. The van der Waals surface area contributed by atoms with Crippen LogP contribution in [-0.2, 0) is 0 Å². The highest BCUT2D eigenvalue weighted by Gasteiger charge is 2.09. The normalized spacial score (nSPS) is 10.5. The van der Waals surface area contributed by atoms with Gasteiger partial charge in [0.15, 0.2) is 0 Å². The molecule has 3 rings (SSSR count). The van der Waals surface area contributed by atoms with E-state index in [4.69, 9.17) is 9.68 Å². The minimum absolute atomic E-state index is 0.0963. The molecule has 1 heterocycles. The molecule has 0 aliphatic rings. The summed E-state index contributed by atoms with van der Waals surface area (Å²) in [6, 6.07) is 17.6. The van der Waals surface area contributed by atoms with Crippen molar-refractivity contribution >= 4 is 17.8 Å². The number of nitro benzene ring substituents is 1. The zero-order chi connectivity index (χ0) is 19.2. The number of nitro groups is 1. The quantitative estimate of drug-likeness (QED) is 0.424. The van der Waals surface area contributed by atoms with Crippen LogP contribution in [0.4, 0.5) is 5.69 Å². The molecular weight excluding hydrogens is 348 g/mol. The van der Waals surface area contributed by atoms with Gasteiger partial charge >= 0.3 is 0 Å². The fraction of sp³-hybridized carbons (Fsp3) is 0.